The van der Waals surface area contributed by atoms with Crippen molar-refractivity contribution >= 4 is 6.09 Å². The molecule has 218 valence electrons. The second-order valence-electron chi connectivity index (χ2n) is 12.9. The second kappa shape index (κ2) is 11.1. The molecule has 1 spiro atoms. The van der Waals surface area contributed by atoms with E-state index in [2.05, 4.69) is 67.5 Å². The van der Waals surface area contributed by atoms with Gasteiger partial charge in [0.15, 0.2) is 0 Å². The number of ether oxygens (including phenoxy) is 4. The van der Waals surface area contributed by atoms with Gasteiger partial charge in [0.2, 0.25) is 0 Å². The monoisotopic (exact) mass is 544 g/mol. The maximum Gasteiger partial charge on any atom is 0.408 e. The smallest absolute Gasteiger partial charge is 0.408 e. The van der Waals surface area contributed by atoms with E-state index < -0.39 is 6.09 Å². The average Bonchev–Trinajstić information content (AvgIpc) is 3.67. The Balaban J connectivity index is 1.27. The number of allylic oxidation sites excluding steroid dienone is 1. The molecule has 4 fully saturated rings. The van der Waals surface area contributed by atoms with Crippen molar-refractivity contribution in [2.24, 2.45) is 11.8 Å². The molecule has 4 aliphatic rings. The number of methoxy groups -OCH3 is 1. The minimum Gasteiger partial charge on any atom is -0.443 e. The zero-order valence-corrected chi connectivity index (χ0v) is 24.8. The number of likely N-dealkylation sites (N-methyl/N-ethyl adjacent to an activating group) is 1. The summed E-state index contributed by atoms with van der Waals surface area (Å²) in [7, 11) is 3.89. The van der Waals surface area contributed by atoms with Gasteiger partial charge in [-0.1, -0.05) is 25.5 Å². The van der Waals surface area contributed by atoms with Crippen molar-refractivity contribution in [1.82, 2.24) is 19.8 Å². The average molecular weight is 545 g/mol. The van der Waals surface area contributed by atoms with Gasteiger partial charge < -0.3 is 33.7 Å². The molecule has 1 aromatic heterocycles. The highest BCUT2D eigenvalue weighted by Gasteiger charge is 2.72. The number of amides is 1. The van der Waals surface area contributed by atoms with Gasteiger partial charge in [0, 0.05) is 32.1 Å². The van der Waals surface area contributed by atoms with E-state index in [0.717, 1.165) is 31.8 Å². The second-order valence-corrected chi connectivity index (χ2v) is 12.9. The van der Waals surface area contributed by atoms with Crippen LogP contribution in [0.1, 0.15) is 78.6 Å². The van der Waals surface area contributed by atoms with Crippen molar-refractivity contribution in [3.63, 3.8) is 0 Å². The van der Waals surface area contributed by atoms with E-state index >= 15 is 0 Å². The SMILES string of the molecule is CO[C@H]1C([C@@]2(C)O[C@@H]2CC=C(C)C)[C@]2(CC[C@H]1OC(=O)N[C@H](c1nccn1C[C@H]1CCCN1C)C(C)C)CO2. The van der Waals surface area contributed by atoms with Crippen LogP contribution in [0.25, 0.3) is 0 Å². The summed E-state index contributed by atoms with van der Waals surface area (Å²) in [5.41, 5.74) is 0.676. The lowest BCUT2D eigenvalue weighted by molar-refractivity contribution is -0.118. The van der Waals surface area contributed by atoms with Gasteiger partial charge in [-0.15, -0.1) is 0 Å². The van der Waals surface area contributed by atoms with Crippen LogP contribution < -0.4 is 5.32 Å². The first-order valence-electron chi connectivity index (χ1n) is 14.7. The van der Waals surface area contributed by atoms with E-state index in [-0.39, 0.29) is 47.4 Å². The molecule has 1 N–H and O–H groups in total. The van der Waals surface area contributed by atoms with Crippen molar-refractivity contribution in [3.05, 3.63) is 29.9 Å². The number of imidazole rings is 1. The van der Waals surface area contributed by atoms with Gasteiger partial charge in [-0.3, -0.25) is 0 Å². The number of hydrogen-bond acceptors (Lipinski definition) is 7. The topological polar surface area (TPSA) is 93.7 Å². The first-order chi connectivity index (χ1) is 18.6. The molecule has 0 aromatic carbocycles. The molecule has 9 nitrogen and oxygen atoms in total. The Morgan fingerprint density at radius 3 is 2.72 bits per heavy atom. The zero-order valence-electron chi connectivity index (χ0n) is 24.8. The van der Waals surface area contributed by atoms with Crippen molar-refractivity contribution in [1.29, 1.82) is 0 Å². The van der Waals surface area contributed by atoms with E-state index in [1.165, 1.54) is 18.4 Å². The van der Waals surface area contributed by atoms with Crippen LogP contribution in [-0.2, 0) is 25.5 Å². The number of nitrogens with one attached hydrogen (secondary N) is 1. The summed E-state index contributed by atoms with van der Waals surface area (Å²) in [6, 6.07) is 0.235. The lowest BCUT2D eigenvalue weighted by Crippen LogP contribution is -2.56. The molecule has 0 bridgehead atoms. The summed E-state index contributed by atoms with van der Waals surface area (Å²) in [6.45, 7) is 13.3. The van der Waals surface area contributed by atoms with Crippen LogP contribution in [0.4, 0.5) is 4.79 Å². The highest BCUT2D eigenvalue weighted by molar-refractivity contribution is 5.68. The maximum atomic E-state index is 13.4. The van der Waals surface area contributed by atoms with Crippen LogP contribution in [0.3, 0.4) is 0 Å². The fraction of sp³-hybridized carbons (Fsp3) is 0.800. The summed E-state index contributed by atoms with van der Waals surface area (Å²) in [5.74, 6) is 1.02. The third kappa shape index (κ3) is 5.78. The van der Waals surface area contributed by atoms with E-state index in [4.69, 9.17) is 18.9 Å². The van der Waals surface area contributed by atoms with Crippen molar-refractivity contribution < 1.29 is 23.7 Å². The number of epoxide rings is 2. The number of rotatable bonds is 10. The number of carbonyl (C=O) groups is 1. The van der Waals surface area contributed by atoms with Crippen LogP contribution in [-0.4, -0.2) is 83.4 Å². The number of alkyl carbamates (subject to hydrolysis) is 1. The standard InChI is InChI=1S/C30H48N4O5/c1-19(2)10-11-23-29(5,39-23)26-25(36-7)22(12-13-30(26)18-37-30)38-28(35)32-24(20(3)4)27-31-14-16-34(27)17-21-9-8-15-33(21)6/h10,14,16,20-26H,8-9,11-13,15,17-18H2,1-7H3,(H,32,35)/t21-,22-,23-,24+,25-,26?,29+,30+/m1/s1. The molecule has 8 atom stereocenters. The largest absolute Gasteiger partial charge is 0.443 e. The quantitative estimate of drug-likeness (QED) is 0.343. The van der Waals surface area contributed by atoms with Crippen LogP contribution in [0.2, 0.25) is 0 Å². The van der Waals surface area contributed by atoms with Crippen LogP contribution in [0, 0.1) is 11.8 Å². The lowest BCUT2D eigenvalue weighted by atomic mass is 9.68. The van der Waals surface area contributed by atoms with E-state index in [9.17, 15) is 4.79 Å². The Morgan fingerprint density at radius 2 is 2.10 bits per heavy atom. The highest BCUT2D eigenvalue weighted by atomic mass is 16.6. The van der Waals surface area contributed by atoms with Crippen molar-refractivity contribution in [2.75, 3.05) is 27.3 Å². The molecular formula is C30H48N4O5. The predicted octanol–water partition coefficient (Wildman–Crippen LogP) is 4.48. The van der Waals surface area contributed by atoms with Gasteiger partial charge in [0.1, 0.15) is 29.2 Å². The third-order valence-corrected chi connectivity index (χ3v) is 9.54. The summed E-state index contributed by atoms with van der Waals surface area (Å²) in [5, 5.41) is 3.15. The Morgan fingerprint density at radius 1 is 1.33 bits per heavy atom. The Kier molecular flexibility index (Phi) is 8.17. The molecular weight excluding hydrogens is 496 g/mol. The minimum atomic E-state index is -0.428. The molecule has 4 heterocycles. The minimum absolute atomic E-state index is 0.000285. The summed E-state index contributed by atoms with van der Waals surface area (Å²) < 4.78 is 26.7. The number of nitrogens with zero attached hydrogens (tertiary/aromatic N) is 3. The molecule has 1 unspecified atom stereocenters. The predicted molar refractivity (Wildman–Crippen MR) is 148 cm³/mol. The number of carbonyl (C=O) groups excluding carboxylic acids is 1. The molecule has 1 saturated carbocycles. The van der Waals surface area contributed by atoms with Gasteiger partial charge in [0.25, 0.3) is 0 Å². The first-order valence-corrected chi connectivity index (χ1v) is 14.7. The lowest BCUT2D eigenvalue weighted by Gasteiger charge is -2.42. The van der Waals surface area contributed by atoms with Gasteiger partial charge in [-0.2, -0.15) is 0 Å². The number of likely N-dealkylation sites (tertiary alicyclic amines) is 1. The van der Waals surface area contributed by atoms with Crippen LogP contribution in [0.15, 0.2) is 24.0 Å². The fourth-order valence-electron chi connectivity index (χ4n) is 7.09. The third-order valence-electron chi connectivity index (χ3n) is 9.54. The van der Waals surface area contributed by atoms with Crippen molar-refractivity contribution in [3.8, 4) is 0 Å². The van der Waals surface area contributed by atoms with Crippen LogP contribution in [0.5, 0.6) is 0 Å². The highest BCUT2D eigenvalue weighted by Crippen LogP contribution is 2.59. The maximum absolute atomic E-state index is 13.4. The molecule has 3 aliphatic heterocycles. The molecule has 1 aliphatic carbocycles. The van der Waals surface area contributed by atoms with Gasteiger partial charge in [0.05, 0.1) is 24.7 Å². The summed E-state index contributed by atoms with van der Waals surface area (Å²) >= 11 is 0. The Hall–Kier alpha value is -1.94. The zero-order chi connectivity index (χ0) is 27.9. The Bertz CT molecular complexity index is 1050. The van der Waals surface area contributed by atoms with Gasteiger partial charge in [-0.25, -0.2) is 9.78 Å². The fourth-order valence-corrected chi connectivity index (χ4v) is 7.09. The molecule has 39 heavy (non-hydrogen) atoms. The molecule has 1 amide bonds. The Labute approximate surface area is 233 Å². The molecule has 3 saturated heterocycles. The van der Waals surface area contributed by atoms with Crippen molar-refractivity contribution in [2.45, 2.75) is 115 Å². The first kappa shape index (κ1) is 28.6. The number of aromatic nitrogens is 2. The van der Waals surface area contributed by atoms with E-state index in [1.807, 2.05) is 12.4 Å². The summed E-state index contributed by atoms with van der Waals surface area (Å²) in [4.78, 5) is 20.5. The molecule has 1 aromatic rings. The number of hydrogen-bond donors (Lipinski definition) is 1. The normalized spacial score (nSPS) is 36.7. The van der Waals surface area contributed by atoms with E-state index in [0.29, 0.717) is 19.1 Å². The van der Waals surface area contributed by atoms with Gasteiger partial charge >= 0.3 is 6.09 Å². The summed E-state index contributed by atoms with van der Waals surface area (Å²) in [6.07, 6.45) is 9.89. The van der Waals surface area contributed by atoms with E-state index in [1.54, 1.807) is 7.11 Å². The molecule has 9 heteroatoms. The van der Waals surface area contributed by atoms with Crippen LogP contribution >= 0.6 is 0 Å². The molecule has 5 rings (SSSR count). The molecule has 0 radical (unpaired) electrons. The van der Waals surface area contributed by atoms with Gasteiger partial charge in [-0.05, 0) is 72.4 Å².